The predicted octanol–water partition coefficient (Wildman–Crippen LogP) is 3.77. The molecule has 1 aliphatic rings. The van der Waals surface area contributed by atoms with Crippen molar-refractivity contribution in [2.45, 2.75) is 31.1 Å². The van der Waals surface area contributed by atoms with Gasteiger partial charge in [-0.2, -0.15) is 0 Å². The molecule has 2 rings (SSSR count). The SMILES string of the molecule is CCc1cc(OC)c(SCC2CC2)cc1OC. The van der Waals surface area contributed by atoms with Gasteiger partial charge >= 0.3 is 0 Å². The second-order valence-corrected chi connectivity index (χ2v) is 5.48. The number of hydrogen-bond acceptors (Lipinski definition) is 3. The summed E-state index contributed by atoms with van der Waals surface area (Å²) in [4.78, 5) is 1.20. The fourth-order valence-corrected chi connectivity index (χ4v) is 3.04. The molecule has 17 heavy (non-hydrogen) atoms. The lowest BCUT2D eigenvalue weighted by molar-refractivity contribution is 0.391. The molecular weight excluding hydrogens is 232 g/mol. The molecule has 1 aliphatic carbocycles. The summed E-state index contributed by atoms with van der Waals surface area (Å²) in [5.74, 6) is 4.08. The third-order valence-electron chi connectivity index (χ3n) is 3.12. The zero-order chi connectivity index (χ0) is 12.3. The number of thioether (sulfide) groups is 1. The van der Waals surface area contributed by atoms with E-state index in [1.54, 1.807) is 14.2 Å². The Morgan fingerprint density at radius 1 is 1.18 bits per heavy atom. The van der Waals surface area contributed by atoms with Crippen molar-refractivity contribution in [2.75, 3.05) is 20.0 Å². The zero-order valence-electron chi connectivity index (χ0n) is 10.8. The van der Waals surface area contributed by atoms with Crippen LogP contribution in [-0.4, -0.2) is 20.0 Å². The average Bonchev–Trinajstić information content (AvgIpc) is 3.19. The van der Waals surface area contributed by atoms with Crippen LogP contribution >= 0.6 is 11.8 Å². The van der Waals surface area contributed by atoms with Gasteiger partial charge in [-0.3, -0.25) is 0 Å². The number of methoxy groups -OCH3 is 2. The Balaban J connectivity index is 2.20. The Morgan fingerprint density at radius 2 is 1.88 bits per heavy atom. The second kappa shape index (κ2) is 5.67. The maximum atomic E-state index is 5.46. The Kier molecular flexibility index (Phi) is 4.21. The molecule has 0 radical (unpaired) electrons. The van der Waals surface area contributed by atoms with Crippen LogP contribution in [0.1, 0.15) is 25.3 Å². The summed E-state index contributed by atoms with van der Waals surface area (Å²) < 4.78 is 10.9. The first-order valence-corrected chi connectivity index (χ1v) is 7.14. The minimum Gasteiger partial charge on any atom is -0.496 e. The molecule has 0 spiro atoms. The van der Waals surface area contributed by atoms with Crippen molar-refractivity contribution in [1.82, 2.24) is 0 Å². The standard InChI is InChI=1S/C14H20O2S/c1-4-11-7-13(16-3)14(8-12(11)15-2)17-9-10-5-6-10/h7-8,10H,4-6,9H2,1-3H3. The fraction of sp³-hybridized carbons (Fsp3) is 0.571. The smallest absolute Gasteiger partial charge is 0.132 e. The highest BCUT2D eigenvalue weighted by atomic mass is 32.2. The molecule has 0 unspecified atom stereocenters. The van der Waals surface area contributed by atoms with E-state index in [2.05, 4.69) is 19.1 Å². The molecule has 1 fully saturated rings. The van der Waals surface area contributed by atoms with Crippen LogP contribution in [0, 0.1) is 5.92 Å². The molecule has 0 heterocycles. The van der Waals surface area contributed by atoms with E-state index in [0.29, 0.717) is 0 Å². The van der Waals surface area contributed by atoms with Gasteiger partial charge in [0.1, 0.15) is 11.5 Å². The zero-order valence-corrected chi connectivity index (χ0v) is 11.6. The van der Waals surface area contributed by atoms with E-state index in [1.165, 1.54) is 29.1 Å². The van der Waals surface area contributed by atoms with E-state index < -0.39 is 0 Å². The monoisotopic (exact) mass is 252 g/mol. The number of benzene rings is 1. The predicted molar refractivity (Wildman–Crippen MR) is 72.4 cm³/mol. The summed E-state index contributed by atoms with van der Waals surface area (Å²) in [5.41, 5.74) is 1.21. The van der Waals surface area contributed by atoms with E-state index in [-0.39, 0.29) is 0 Å². The third-order valence-corrected chi connectivity index (χ3v) is 4.39. The highest BCUT2D eigenvalue weighted by Gasteiger charge is 2.22. The lowest BCUT2D eigenvalue weighted by Gasteiger charge is -2.13. The fourth-order valence-electron chi connectivity index (χ4n) is 1.81. The summed E-state index contributed by atoms with van der Waals surface area (Å²) in [6.07, 6.45) is 3.74. The van der Waals surface area contributed by atoms with E-state index in [1.807, 2.05) is 11.8 Å². The average molecular weight is 252 g/mol. The summed E-state index contributed by atoms with van der Waals surface area (Å²) in [6, 6.07) is 4.22. The Labute approximate surface area is 108 Å². The Hall–Kier alpha value is -0.830. The Morgan fingerprint density at radius 3 is 2.41 bits per heavy atom. The molecule has 0 atom stereocenters. The van der Waals surface area contributed by atoms with Crippen LogP contribution in [0.3, 0.4) is 0 Å². The molecule has 0 bridgehead atoms. The van der Waals surface area contributed by atoms with Gasteiger partial charge in [0, 0.05) is 5.75 Å². The molecule has 0 amide bonds. The molecule has 1 aromatic carbocycles. The number of hydrogen-bond donors (Lipinski definition) is 0. The minimum atomic E-state index is 0.918. The quantitative estimate of drug-likeness (QED) is 0.718. The van der Waals surface area contributed by atoms with Gasteiger partial charge in [0.05, 0.1) is 19.1 Å². The third kappa shape index (κ3) is 3.09. The highest BCUT2D eigenvalue weighted by molar-refractivity contribution is 7.99. The topological polar surface area (TPSA) is 18.5 Å². The van der Waals surface area contributed by atoms with Gasteiger partial charge in [0.2, 0.25) is 0 Å². The van der Waals surface area contributed by atoms with Crippen LogP contribution in [0.2, 0.25) is 0 Å². The molecule has 0 aliphatic heterocycles. The van der Waals surface area contributed by atoms with Crippen molar-refractivity contribution in [3.8, 4) is 11.5 Å². The van der Waals surface area contributed by atoms with Crippen molar-refractivity contribution < 1.29 is 9.47 Å². The minimum absolute atomic E-state index is 0.918. The van der Waals surface area contributed by atoms with Gasteiger partial charge in [-0.25, -0.2) is 0 Å². The number of aryl methyl sites for hydroxylation is 1. The van der Waals surface area contributed by atoms with Crippen LogP contribution < -0.4 is 9.47 Å². The van der Waals surface area contributed by atoms with E-state index in [9.17, 15) is 0 Å². The first-order valence-electron chi connectivity index (χ1n) is 6.16. The number of ether oxygens (including phenoxy) is 2. The van der Waals surface area contributed by atoms with Crippen LogP contribution in [-0.2, 0) is 6.42 Å². The lowest BCUT2D eigenvalue weighted by atomic mass is 10.1. The molecule has 0 aromatic heterocycles. The normalized spacial score (nSPS) is 14.8. The number of rotatable bonds is 6. The highest BCUT2D eigenvalue weighted by Crippen LogP contribution is 2.40. The van der Waals surface area contributed by atoms with E-state index in [4.69, 9.17) is 9.47 Å². The Bertz CT molecular complexity index is 386. The molecule has 3 heteroatoms. The van der Waals surface area contributed by atoms with Gasteiger partial charge in [-0.1, -0.05) is 6.92 Å². The first-order chi connectivity index (χ1) is 8.28. The van der Waals surface area contributed by atoms with Crippen molar-refractivity contribution in [1.29, 1.82) is 0 Å². The summed E-state index contributed by atoms with van der Waals surface area (Å²) in [6.45, 7) is 2.13. The van der Waals surface area contributed by atoms with Crippen LogP contribution in [0.5, 0.6) is 11.5 Å². The first kappa shape index (κ1) is 12.6. The molecule has 2 nitrogen and oxygen atoms in total. The van der Waals surface area contributed by atoms with Gasteiger partial charge in [-0.05, 0) is 42.9 Å². The van der Waals surface area contributed by atoms with Crippen LogP contribution in [0.25, 0.3) is 0 Å². The van der Waals surface area contributed by atoms with Crippen LogP contribution in [0.15, 0.2) is 17.0 Å². The van der Waals surface area contributed by atoms with Crippen molar-refractivity contribution in [3.63, 3.8) is 0 Å². The van der Waals surface area contributed by atoms with Gasteiger partial charge in [-0.15, -0.1) is 11.8 Å². The second-order valence-electron chi connectivity index (χ2n) is 4.42. The van der Waals surface area contributed by atoms with Gasteiger partial charge in [0.25, 0.3) is 0 Å². The summed E-state index contributed by atoms with van der Waals surface area (Å²) >= 11 is 1.89. The van der Waals surface area contributed by atoms with Crippen molar-refractivity contribution in [3.05, 3.63) is 17.7 Å². The maximum Gasteiger partial charge on any atom is 0.132 e. The molecule has 1 aromatic rings. The summed E-state index contributed by atoms with van der Waals surface area (Å²) in [7, 11) is 3.47. The lowest BCUT2D eigenvalue weighted by Crippen LogP contribution is -1.95. The molecule has 1 saturated carbocycles. The van der Waals surface area contributed by atoms with E-state index >= 15 is 0 Å². The largest absolute Gasteiger partial charge is 0.496 e. The van der Waals surface area contributed by atoms with Crippen molar-refractivity contribution >= 4 is 11.8 Å². The van der Waals surface area contributed by atoms with Crippen LogP contribution in [0.4, 0.5) is 0 Å². The molecule has 0 N–H and O–H groups in total. The molecule has 0 saturated heterocycles. The van der Waals surface area contributed by atoms with Gasteiger partial charge in [0.15, 0.2) is 0 Å². The summed E-state index contributed by atoms with van der Waals surface area (Å²) in [5, 5.41) is 0. The van der Waals surface area contributed by atoms with Gasteiger partial charge < -0.3 is 9.47 Å². The van der Waals surface area contributed by atoms with E-state index in [0.717, 1.165) is 23.8 Å². The molecular formula is C14H20O2S. The van der Waals surface area contributed by atoms with Crippen molar-refractivity contribution in [2.24, 2.45) is 5.92 Å². The maximum absolute atomic E-state index is 5.46. The molecule has 94 valence electrons.